The first kappa shape index (κ1) is 17.4. The maximum atomic E-state index is 6.07. The van der Waals surface area contributed by atoms with Gasteiger partial charge < -0.3 is 19.9 Å². The Hall–Kier alpha value is -1.44. The monoisotopic (exact) mass is 330 g/mol. The molecule has 0 aromatic carbocycles. The van der Waals surface area contributed by atoms with E-state index in [-0.39, 0.29) is 11.2 Å². The van der Waals surface area contributed by atoms with Gasteiger partial charge in [0.1, 0.15) is 0 Å². The Labute approximate surface area is 144 Å². The number of hydrogen-bond donors (Lipinski definition) is 1. The summed E-state index contributed by atoms with van der Waals surface area (Å²) in [6.07, 6.45) is 8.06. The molecule has 1 aromatic rings. The summed E-state index contributed by atoms with van der Waals surface area (Å²) in [7, 11) is -0.432. The van der Waals surface area contributed by atoms with Gasteiger partial charge in [-0.25, -0.2) is 9.97 Å². The molecule has 3 heterocycles. The smallest absolute Gasteiger partial charge is 0.400 e. The predicted molar refractivity (Wildman–Crippen MR) is 96.6 cm³/mol. The molecule has 0 radical (unpaired) electrons. The van der Waals surface area contributed by atoms with Crippen LogP contribution in [-0.2, 0) is 9.31 Å². The van der Waals surface area contributed by atoms with Gasteiger partial charge in [-0.15, -0.1) is 0 Å². The van der Waals surface area contributed by atoms with Crippen molar-refractivity contribution >= 4 is 19.1 Å². The lowest BCUT2D eigenvalue weighted by Gasteiger charge is -2.32. The number of anilines is 1. The molecule has 2 aliphatic heterocycles. The molecule has 0 unspecified atom stereocenters. The third kappa shape index (κ3) is 3.34. The molecule has 0 spiro atoms. The predicted octanol–water partition coefficient (Wildman–Crippen LogP) is 2.05. The first-order valence-electron chi connectivity index (χ1n) is 8.65. The molecule has 1 aromatic heterocycles. The topological polar surface area (TPSA) is 73.5 Å². The summed E-state index contributed by atoms with van der Waals surface area (Å²) >= 11 is 0. The number of nitrogens with zero attached hydrogens (tertiary/aromatic N) is 3. The summed E-state index contributed by atoms with van der Waals surface area (Å²) < 4.78 is 12.1. The Morgan fingerprint density at radius 1 is 1.17 bits per heavy atom. The fourth-order valence-corrected chi connectivity index (χ4v) is 2.92. The van der Waals surface area contributed by atoms with E-state index >= 15 is 0 Å². The minimum Gasteiger partial charge on any atom is -0.400 e. The molecule has 2 saturated heterocycles. The molecule has 7 heteroatoms. The van der Waals surface area contributed by atoms with Gasteiger partial charge in [-0.1, -0.05) is 6.08 Å². The number of rotatable bonds is 4. The van der Waals surface area contributed by atoms with Gasteiger partial charge in [-0.3, -0.25) is 0 Å². The Balaban J connectivity index is 1.76. The summed E-state index contributed by atoms with van der Waals surface area (Å²) in [6, 6.07) is 0. The zero-order chi connectivity index (χ0) is 17.4. The molecule has 130 valence electrons. The van der Waals surface area contributed by atoms with Crippen molar-refractivity contribution in [3.63, 3.8) is 0 Å². The number of aromatic nitrogens is 2. The normalized spacial score (nSPS) is 23.1. The maximum absolute atomic E-state index is 6.07. The van der Waals surface area contributed by atoms with Crippen LogP contribution in [0.25, 0.3) is 6.08 Å². The first-order chi connectivity index (χ1) is 11.3. The van der Waals surface area contributed by atoms with E-state index in [9.17, 15) is 0 Å². The van der Waals surface area contributed by atoms with Gasteiger partial charge in [0, 0.05) is 37.6 Å². The van der Waals surface area contributed by atoms with Gasteiger partial charge in [-0.05, 0) is 46.0 Å². The van der Waals surface area contributed by atoms with E-state index in [2.05, 4.69) is 14.9 Å². The molecule has 6 nitrogen and oxygen atoms in total. The standard InChI is InChI=1S/C17H27BN4O2/c1-16(2)17(3,4)24-18(23-16)14(10-19)9-13-11-20-15(21-12-13)22-7-5-6-8-22/h9,11-12H,5-8,10,19H2,1-4H3. The van der Waals surface area contributed by atoms with E-state index in [0.717, 1.165) is 30.1 Å². The van der Waals surface area contributed by atoms with Crippen molar-refractivity contribution in [1.82, 2.24) is 9.97 Å². The largest absolute Gasteiger partial charge is 0.491 e. The summed E-state index contributed by atoms with van der Waals surface area (Å²) in [5, 5.41) is 0. The van der Waals surface area contributed by atoms with Gasteiger partial charge >= 0.3 is 7.12 Å². The van der Waals surface area contributed by atoms with Gasteiger partial charge in [0.25, 0.3) is 0 Å². The Kier molecular flexibility index (Phi) is 4.68. The zero-order valence-corrected chi connectivity index (χ0v) is 15.1. The molecule has 0 amide bonds. The van der Waals surface area contributed by atoms with E-state index in [1.165, 1.54) is 12.8 Å². The summed E-state index contributed by atoms with van der Waals surface area (Å²) in [4.78, 5) is 11.2. The average Bonchev–Trinajstić information content (AvgIpc) is 3.12. The van der Waals surface area contributed by atoms with Crippen LogP contribution in [0.15, 0.2) is 17.9 Å². The summed E-state index contributed by atoms with van der Waals surface area (Å²) in [5.41, 5.74) is 6.99. The lowest BCUT2D eigenvalue weighted by Crippen LogP contribution is -2.41. The molecule has 2 fully saturated rings. The highest BCUT2D eigenvalue weighted by molar-refractivity contribution is 6.55. The van der Waals surface area contributed by atoms with E-state index < -0.39 is 7.12 Å². The second-order valence-corrected chi connectivity index (χ2v) is 7.52. The Morgan fingerprint density at radius 3 is 2.21 bits per heavy atom. The molecule has 24 heavy (non-hydrogen) atoms. The molecule has 3 rings (SSSR count). The maximum Gasteiger partial charge on any atom is 0.491 e. The van der Waals surface area contributed by atoms with Gasteiger partial charge in [0.15, 0.2) is 0 Å². The number of hydrogen-bond acceptors (Lipinski definition) is 6. The van der Waals surface area contributed by atoms with Crippen LogP contribution in [0, 0.1) is 0 Å². The minimum atomic E-state index is -0.432. The first-order valence-corrected chi connectivity index (χ1v) is 8.65. The molecule has 0 bridgehead atoms. The fourth-order valence-electron chi connectivity index (χ4n) is 2.92. The van der Waals surface area contributed by atoms with Crippen LogP contribution in [0.3, 0.4) is 0 Å². The minimum absolute atomic E-state index is 0.366. The van der Waals surface area contributed by atoms with Crippen molar-refractivity contribution in [1.29, 1.82) is 0 Å². The molecule has 2 aliphatic rings. The summed E-state index contributed by atoms with van der Waals surface area (Å²) in [5.74, 6) is 0.801. The highest BCUT2D eigenvalue weighted by Gasteiger charge is 2.52. The molecule has 2 N–H and O–H groups in total. The van der Waals surface area contributed by atoms with Crippen molar-refractivity contribution in [2.24, 2.45) is 5.73 Å². The lowest BCUT2D eigenvalue weighted by atomic mass is 9.77. The van der Waals surface area contributed by atoms with E-state index in [0.29, 0.717) is 6.54 Å². The Morgan fingerprint density at radius 2 is 1.71 bits per heavy atom. The molecule has 0 saturated carbocycles. The molecular formula is C17H27BN4O2. The lowest BCUT2D eigenvalue weighted by molar-refractivity contribution is 0.00578. The molecular weight excluding hydrogens is 303 g/mol. The fraction of sp³-hybridized carbons (Fsp3) is 0.647. The Bertz CT molecular complexity index is 594. The quantitative estimate of drug-likeness (QED) is 0.852. The summed E-state index contributed by atoms with van der Waals surface area (Å²) in [6.45, 7) is 10.6. The van der Waals surface area contributed by atoms with Crippen LogP contribution >= 0.6 is 0 Å². The van der Waals surface area contributed by atoms with Crippen molar-refractivity contribution in [3.8, 4) is 0 Å². The van der Waals surface area contributed by atoms with Gasteiger partial charge in [0.2, 0.25) is 5.95 Å². The van der Waals surface area contributed by atoms with Crippen molar-refractivity contribution < 1.29 is 9.31 Å². The van der Waals surface area contributed by atoms with Crippen LogP contribution in [0.2, 0.25) is 0 Å². The second-order valence-electron chi connectivity index (χ2n) is 7.52. The zero-order valence-electron chi connectivity index (χ0n) is 15.1. The van der Waals surface area contributed by atoms with Crippen LogP contribution < -0.4 is 10.6 Å². The third-order valence-electron chi connectivity index (χ3n) is 5.19. The van der Waals surface area contributed by atoms with Gasteiger partial charge in [-0.2, -0.15) is 0 Å². The second kappa shape index (κ2) is 6.46. The highest BCUT2D eigenvalue weighted by Crippen LogP contribution is 2.38. The highest BCUT2D eigenvalue weighted by atomic mass is 16.7. The van der Waals surface area contributed by atoms with E-state index in [1.807, 2.05) is 46.2 Å². The van der Waals surface area contributed by atoms with Crippen molar-refractivity contribution in [2.75, 3.05) is 24.5 Å². The van der Waals surface area contributed by atoms with Crippen molar-refractivity contribution in [2.45, 2.75) is 51.7 Å². The van der Waals surface area contributed by atoms with Crippen LogP contribution in [0.1, 0.15) is 46.1 Å². The SMILES string of the molecule is CC1(C)OB(C(=Cc2cnc(N3CCCC3)nc2)CN)OC1(C)C. The third-order valence-corrected chi connectivity index (χ3v) is 5.19. The molecule has 0 aliphatic carbocycles. The van der Waals surface area contributed by atoms with Crippen LogP contribution in [0.5, 0.6) is 0 Å². The van der Waals surface area contributed by atoms with Crippen LogP contribution in [-0.4, -0.2) is 47.9 Å². The molecule has 0 atom stereocenters. The number of nitrogens with two attached hydrogens (primary N) is 1. The average molecular weight is 330 g/mol. The van der Waals surface area contributed by atoms with Crippen LogP contribution in [0.4, 0.5) is 5.95 Å². The van der Waals surface area contributed by atoms with Gasteiger partial charge in [0.05, 0.1) is 11.2 Å². The van der Waals surface area contributed by atoms with E-state index in [4.69, 9.17) is 15.0 Å². The van der Waals surface area contributed by atoms with E-state index in [1.54, 1.807) is 0 Å². The van der Waals surface area contributed by atoms with Crippen molar-refractivity contribution in [3.05, 3.63) is 23.4 Å².